The smallest absolute Gasteiger partial charge is 0.416 e. The van der Waals surface area contributed by atoms with Crippen molar-refractivity contribution in [1.82, 2.24) is 15.3 Å². The lowest BCUT2D eigenvalue weighted by Crippen LogP contribution is -2.43. The number of hydrogen-bond acceptors (Lipinski definition) is 5. The Morgan fingerprint density at radius 2 is 1.79 bits per heavy atom. The molecule has 1 saturated heterocycles. The van der Waals surface area contributed by atoms with Gasteiger partial charge >= 0.3 is 6.18 Å². The largest absolute Gasteiger partial charge is 0.436 e. The van der Waals surface area contributed by atoms with Crippen LogP contribution < -0.4 is 15.0 Å². The average Bonchev–Trinajstić information content (AvgIpc) is 2.83. The molecule has 4 rings (SSSR count). The third-order valence-electron chi connectivity index (χ3n) is 5.44. The topological polar surface area (TPSA) is 67.4 Å². The summed E-state index contributed by atoms with van der Waals surface area (Å²) in [6.45, 7) is 1.33. The van der Waals surface area contributed by atoms with Crippen molar-refractivity contribution >= 4 is 11.7 Å². The van der Waals surface area contributed by atoms with Crippen LogP contribution in [0.15, 0.2) is 67.0 Å². The third-order valence-corrected chi connectivity index (χ3v) is 5.44. The first-order valence-corrected chi connectivity index (χ1v) is 10.6. The molecule has 172 valence electrons. The maximum atomic E-state index is 12.8. The summed E-state index contributed by atoms with van der Waals surface area (Å²) >= 11 is 0. The lowest BCUT2D eigenvalue weighted by Gasteiger charge is -2.33. The molecule has 1 unspecified atom stereocenters. The molecule has 1 N–H and O–H groups in total. The van der Waals surface area contributed by atoms with Crippen LogP contribution in [0.25, 0.3) is 0 Å². The monoisotopic (exact) mass is 456 g/mol. The Labute approximate surface area is 189 Å². The number of benzene rings is 2. The van der Waals surface area contributed by atoms with Gasteiger partial charge < -0.3 is 15.0 Å². The van der Waals surface area contributed by atoms with E-state index in [1.807, 2.05) is 35.2 Å². The highest BCUT2D eigenvalue weighted by atomic mass is 19.4. The first-order valence-electron chi connectivity index (χ1n) is 10.6. The molecule has 1 fully saturated rings. The Kier molecular flexibility index (Phi) is 6.76. The molecule has 9 heteroatoms. The fourth-order valence-corrected chi connectivity index (χ4v) is 3.74. The molecule has 1 atom stereocenters. The Bertz CT molecular complexity index is 1080. The standard InChI is InChI=1S/C24H23F3N4O2/c25-24(26,27)19-10-8-17(9-11-19)15-30-22(32)18-5-4-14-31(16-18)21-23(29-13-12-28-21)33-20-6-2-1-3-7-20/h1-3,6-13,18H,4-5,14-16H2,(H,30,32). The van der Waals surface area contributed by atoms with Crippen LogP contribution in [0, 0.1) is 5.92 Å². The van der Waals surface area contributed by atoms with Gasteiger partial charge in [-0.2, -0.15) is 13.2 Å². The summed E-state index contributed by atoms with van der Waals surface area (Å²) in [5.74, 6) is 1.16. The number of nitrogens with zero attached hydrogens (tertiary/aromatic N) is 3. The van der Waals surface area contributed by atoms with Crippen LogP contribution in [0.3, 0.4) is 0 Å². The summed E-state index contributed by atoms with van der Waals surface area (Å²) in [4.78, 5) is 23.5. The molecular weight excluding hydrogens is 433 g/mol. The minimum atomic E-state index is -4.38. The number of halogens is 3. The number of carbonyl (C=O) groups excluding carboxylic acids is 1. The number of amides is 1. The van der Waals surface area contributed by atoms with Gasteiger partial charge in [-0.15, -0.1) is 0 Å². The highest BCUT2D eigenvalue weighted by Crippen LogP contribution is 2.31. The van der Waals surface area contributed by atoms with E-state index in [1.165, 1.54) is 12.1 Å². The third kappa shape index (κ3) is 5.79. The van der Waals surface area contributed by atoms with E-state index in [-0.39, 0.29) is 18.4 Å². The number of anilines is 1. The summed E-state index contributed by atoms with van der Waals surface area (Å²) < 4.78 is 44.0. The number of rotatable bonds is 6. The van der Waals surface area contributed by atoms with E-state index in [4.69, 9.17) is 4.74 Å². The summed E-state index contributed by atoms with van der Waals surface area (Å²) in [5, 5.41) is 2.84. The predicted octanol–water partition coefficient (Wildman–Crippen LogP) is 4.82. The van der Waals surface area contributed by atoms with E-state index in [0.29, 0.717) is 42.5 Å². The van der Waals surface area contributed by atoms with E-state index < -0.39 is 11.7 Å². The van der Waals surface area contributed by atoms with Crippen molar-refractivity contribution in [3.63, 3.8) is 0 Å². The molecule has 0 radical (unpaired) electrons. The van der Waals surface area contributed by atoms with Crippen LogP contribution in [-0.2, 0) is 17.5 Å². The summed E-state index contributed by atoms with van der Waals surface area (Å²) in [5.41, 5.74) is -0.102. The number of aromatic nitrogens is 2. The minimum absolute atomic E-state index is 0.144. The van der Waals surface area contributed by atoms with E-state index >= 15 is 0 Å². The molecule has 33 heavy (non-hydrogen) atoms. The zero-order chi connectivity index (χ0) is 23.3. The molecule has 1 aliphatic rings. The Balaban J connectivity index is 1.38. The molecule has 0 aliphatic carbocycles. The number of nitrogens with one attached hydrogen (secondary N) is 1. The summed E-state index contributed by atoms with van der Waals surface area (Å²) in [6.07, 6.45) is 0.266. The van der Waals surface area contributed by atoms with E-state index in [0.717, 1.165) is 18.6 Å². The van der Waals surface area contributed by atoms with Crippen LogP contribution >= 0.6 is 0 Å². The van der Waals surface area contributed by atoms with Gasteiger partial charge in [0, 0.05) is 32.0 Å². The quantitative estimate of drug-likeness (QED) is 0.576. The van der Waals surface area contributed by atoms with Crippen molar-refractivity contribution in [2.45, 2.75) is 25.6 Å². The fourth-order valence-electron chi connectivity index (χ4n) is 3.74. The van der Waals surface area contributed by atoms with Crippen LogP contribution in [0.4, 0.5) is 19.0 Å². The Morgan fingerprint density at radius 1 is 1.06 bits per heavy atom. The van der Waals surface area contributed by atoms with Crippen LogP contribution in [0.1, 0.15) is 24.0 Å². The lowest BCUT2D eigenvalue weighted by molar-refractivity contribution is -0.137. The molecule has 3 aromatic rings. The lowest BCUT2D eigenvalue weighted by atomic mass is 9.97. The van der Waals surface area contributed by atoms with Gasteiger partial charge in [0.25, 0.3) is 5.88 Å². The van der Waals surface area contributed by atoms with E-state index in [9.17, 15) is 18.0 Å². The van der Waals surface area contributed by atoms with Gasteiger partial charge in [0.05, 0.1) is 11.5 Å². The van der Waals surface area contributed by atoms with Gasteiger partial charge in [0.15, 0.2) is 5.82 Å². The van der Waals surface area contributed by atoms with Crippen molar-refractivity contribution in [2.75, 3.05) is 18.0 Å². The van der Waals surface area contributed by atoms with Gasteiger partial charge in [-0.25, -0.2) is 9.97 Å². The Morgan fingerprint density at radius 3 is 2.52 bits per heavy atom. The van der Waals surface area contributed by atoms with Gasteiger partial charge in [-0.3, -0.25) is 4.79 Å². The second-order valence-electron chi connectivity index (χ2n) is 7.80. The van der Waals surface area contributed by atoms with Gasteiger partial charge in [-0.05, 0) is 42.7 Å². The maximum Gasteiger partial charge on any atom is 0.416 e. The number of ether oxygens (including phenoxy) is 1. The Hall–Kier alpha value is -3.62. The number of hydrogen-bond donors (Lipinski definition) is 1. The molecule has 2 heterocycles. The van der Waals surface area contributed by atoms with E-state index in [1.54, 1.807) is 12.4 Å². The number of para-hydroxylation sites is 1. The summed E-state index contributed by atoms with van der Waals surface area (Å²) in [7, 11) is 0. The highest BCUT2D eigenvalue weighted by Gasteiger charge is 2.30. The van der Waals surface area contributed by atoms with Crippen LogP contribution in [-0.4, -0.2) is 29.0 Å². The zero-order valence-corrected chi connectivity index (χ0v) is 17.8. The first kappa shape index (κ1) is 22.6. The normalized spacial score (nSPS) is 16.3. The molecule has 0 bridgehead atoms. The molecule has 0 spiro atoms. The maximum absolute atomic E-state index is 12.8. The van der Waals surface area contributed by atoms with Crippen molar-refractivity contribution in [2.24, 2.45) is 5.92 Å². The zero-order valence-electron chi connectivity index (χ0n) is 17.8. The molecule has 1 aromatic heterocycles. The fraction of sp³-hybridized carbons (Fsp3) is 0.292. The van der Waals surface area contributed by atoms with Crippen LogP contribution in [0.2, 0.25) is 0 Å². The SMILES string of the molecule is O=C(NCc1ccc(C(F)(F)F)cc1)C1CCCN(c2nccnc2Oc2ccccc2)C1. The molecule has 1 aliphatic heterocycles. The van der Waals surface area contributed by atoms with Crippen molar-refractivity contribution < 1.29 is 22.7 Å². The van der Waals surface area contributed by atoms with Crippen molar-refractivity contribution in [1.29, 1.82) is 0 Å². The summed E-state index contributed by atoms with van der Waals surface area (Å²) in [6, 6.07) is 14.1. The highest BCUT2D eigenvalue weighted by molar-refractivity contribution is 5.79. The van der Waals surface area contributed by atoms with Crippen molar-refractivity contribution in [3.05, 3.63) is 78.1 Å². The van der Waals surface area contributed by atoms with Gasteiger partial charge in [0.2, 0.25) is 5.91 Å². The number of carbonyl (C=O) groups is 1. The van der Waals surface area contributed by atoms with Crippen molar-refractivity contribution in [3.8, 4) is 11.6 Å². The number of alkyl halides is 3. The van der Waals surface area contributed by atoms with Gasteiger partial charge in [-0.1, -0.05) is 30.3 Å². The first-order chi connectivity index (χ1) is 15.9. The van der Waals surface area contributed by atoms with Crippen LogP contribution in [0.5, 0.6) is 11.6 Å². The minimum Gasteiger partial charge on any atom is -0.436 e. The van der Waals surface area contributed by atoms with Gasteiger partial charge in [0.1, 0.15) is 5.75 Å². The molecule has 1 amide bonds. The molecule has 2 aromatic carbocycles. The molecular formula is C24H23F3N4O2. The molecule has 0 saturated carbocycles. The predicted molar refractivity (Wildman–Crippen MR) is 117 cm³/mol. The molecule has 6 nitrogen and oxygen atoms in total. The average molecular weight is 456 g/mol. The second-order valence-corrected chi connectivity index (χ2v) is 7.80. The second kappa shape index (κ2) is 9.89. The van der Waals surface area contributed by atoms with E-state index in [2.05, 4.69) is 15.3 Å². The number of piperidine rings is 1.